The zero-order chi connectivity index (χ0) is 14.6. The standard InChI is InChI=1S/C13H19N3O3S/c1-19-10-9-16(8-4-7-14)13-11-5-2-3-6-12(11)20(17,18)15-13/h2-3,5-6H,4,7-10,14H2,1H3. The Bertz CT molecular complexity index is 591. The summed E-state index contributed by atoms with van der Waals surface area (Å²) in [6, 6.07) is 6.88. The molecule has 6 nitrogen and oxygen atoms in total. The van der Waals surface area contributed by atoms with Gasteiger partial charge in [0.15, 0.2) is 5.84 Å². The summed E-state index contributed by atoms with van der Waals surface area (Å²) >= 11 is 0. The van der Waals surface area contributed by atoms with E-state index in [1.54, 1.807) is 25.3 Å². The second kappa shape index (κ2) is 6.34. The Labute approximate surface area is 119 Å². The van der Waals surface area contributed by atoms with Crippen LogP contribution in [0, 0.1) is 0 Å². The van der Waals surface area contributed by atoms with Crippen molar-refractivity contribution in [2.75, 3.05) is 33.4 Å². The molecule has 1 aromatic carbocycles. The molecule has 0 saturated carbocycles. The van der Waals surface area contributed by atoms with Crippen molar-refractivity contribution < 1.29 is 13.2 Å². The number of benzene rings is 1. The molecule has 0 aromatic heterocycles. The summed E-state index contributed by atoms with van der Waals surface area (Å²) in [6.07, 6.45) is 0.769. The summed E-state index contributed by atoms with van der Waals surface area (Å²) in [5, 5.41) is 0. The Morgan fingerprint density at radius 3 is 2.75 bits per heavy atom. The van der Waals surface area contributed by atoms with Gasteiger partial charge in [0.25, 0.3) is 10.0 Å². The Hall–Kier alpha value is -1.44. The maximum atomic E-state index is 12.0. The first-order valence-corrected chi connectivity index (χ1v) is 7.92. The second-order valence-electron chi connectivity index (χ2n) is 4.51. The van der Waals surface area contributed by atoms with E-state index in [9.17, 15) is 8.42 Å². The third-order valence-electron chi connectivity index (χ3n) is 3.11. The molecule has 0 unspecified atom stereocenters. The summed E-state index contributed by atoms with van der Waals surface area (Å²) in [6.45, 7) is 2.29. The molecule has 0 spiro atoms. The summed E-state index contributed by atoms with van der Waals surface area (Å²) < 4.78 is 33.1. The molecular weight excluding hydrogens is 278 g/mol. The third kappa shape index (κ3) is 3.00. The average Bonchev–Trinajstić information content (AvgIpc) is 2.72. The number of hydrogen-bond acceptors (Lipinski definition) is 5. The van der Waals surface area contributed by atoms with Crippen molar-refractivity contribution in [2.45, 2.75) is 11.3 Å². The van der Waals surface area contributed by atoms with Gasteiger partial charge in [-0.15, -0.1) is 4.40 Å². The van der Waals surface area contributed by atoms with Gasteiger partial charge in [-0.05, 0) is 25.1 Å². The molecule has 0 amide bonds. The van der Waals surface area contributed by atoms with E-state index >= 15 is 0 Å². The summed E-state index contributed by atoms with van der Waals surface area (Å²) in [4.78, 5) is 2.19. The Morgan fingerprint density at radius 1 is 1.30 bits per heavy atom. The fourth-order valence-electron chi connectivity index (χ4n) is 2.12. The Kier molecular flexibility index (Phi) is 4.74. The van der Waals surface area contributed by atoms with E-state index in [1.807, 2.05) is 11.0 Å². The molecule has 1 aromatic rings. The predicted molar refractivity (Wildman–Crippen MR) is 77.3 cm³/mol. The maximum absolute atomic E-state index is 12.0. The highest BCUT2D eigenvalue weighted by atomic mass is 32.2. The van der Waals surface area contributed by atoms with Crippen LogP contribution in [0.15, 0.2) is 33.6 Å². The van der Waals surface area contributed by atoms with Crippen LogP contribution in [-0.4, -0.2) is 52.5 Å². The zero-order valence-corrected chi connectivity index (χ0v) is 12.3. The van der Waals surface area contributed by atoms with Crippen LogP contribution in [-0.2, 0) is 14.8 Å². The molecule has 0 radical (unpaired) electrons. The van der Waals surface area contributed by atoms with E-state index in [-0.39, 0.29) is 4.90 Å². The van der Waals surface area contributed by atoms with Crippen molar-refractivity contribution in [1.29, 1.82) is 0 Å². The van der Waals surface area contributed by atoms with Crippen molar-refractivity contribution >= 4 is 15.9 Å². The van der Waals surface area contributed by atoms with Crippen molar-refractivity contribution in [2.24, 2.45) is 10.1 Å². The lowest BCUT2D eigenvalue weighted by Crippen LogP contribution is -2.35. The third-order valence-corrected chi connectivity index (χ3v) is 4.43. The first-order valence-electron chi connectivity index (χ1n) is 6.48. The monoisotopic (exact) mass is 297 g/mol. The van der Waals surface area contributed by atoms with Gasteiger partial charge < -0.3 is 15.4 Å². The minimum Gasteiger partial charge on any atom is -0.383 e. The summed E-state index contributed by atoms with van der Waals surface area (Å²) in [5.74, 6) is 0.492. The number of rotatable bonds is 6. The molecule has 7 heteroatoms. The number of nitrogens with two attached hydrogens (primary N) is 1. The van der Waals surface area contributed by atoms with Crippen LogP contribution in [0.3, 0.4) is 0 Å². The molecule has 1 aliphatic heterocycles. The van der Waals surface area contributed by atoms with E-state index in [0.29, 0.717) is 37.6 Å². The highest BCUT2D eigenvalue weighted by molar-refractivity contribution is 7.90. The normalized spacial score (nSPS) is 15.8. The molecule has 110 valence electrons. The minimum atomic E-state index is -3.58. The lowest BCUT2D eigenvalue weighted by molar-refractivity contribution is 0.176. The highest BCUT2D eigenvalue weighted by Gasteiger charge is 2.31. The maximum Gasteiger partial charge on any atom is 0.285 e. The first kappa shape index (κ1) is 15.0. The van der Waals surface area contributed by atoms with Crippen LogP contribution in [0.4, 0.5) is 0 Å². The molecule has 20 heavy (non-hydrogen) atoms. The van der Waals surface area contributed by atoms with E-state index in [0.717, 1.165) is 6.42 Å². The van der Waals surface area contributed by atoms with Gasteiger partial charge >= 0.3 is 0 Å². The molecule has 0 aliphatic carbocycles. The van der Waals surface area contributed by atoms with Crippen LogP contribution >= 0.6 is 0 Å². The van der Waals surface area contributed by atoms with Crippen LogP contribution < -0.4 is 5.73 Å². The number of amidine groups is 1. The van der Waals surface area contributed by atoms with Gasteiger partial charge in [-0.2, -0.15) is 8.42 Å². The molecule has 2 rings (SSSR count). The molecule has 0 fully saturated rings. The number of ether oxygens (including phenoxy) is 1. The Balaban J connectivity index is 2.33. The van der Waals surface area contributed by atoms with Gasteiger partial charge in [-0.3, -0.25) is 0 Å². The van der Waals surface area contributed by atoms with E-state index in [1.165, 1.54) is 0 Å². The molecule has 0 saturated heterocycles. The molecule has 2 N–H and O–H groups in total. The number of hydrogen-bond donors (Lipinski definition) is 1. The molecule has 1 heterocycles. The molecule has 0 bridgehead atoms. The molecular formula is C13H19N3O3S. The van der Waals surface area contributed by atoms with Gasteiger partial charge in [0.05, 0.1) is 6.61 Å². The Morgan fingerprint density at radius 2 is 2.05 bits per heavy atom. The van der Waals surface area contributed by atoms with E-state index in [2.05, 4.69) is 4.40 Å². The topological polar surface area (TPSA) is 85.0 Å². The zero-order valence-electron chi connectivity index (χ0n) is 11.4. The van der Waals surface area contributed by atoms with Gasteiger partial charge in [0.1, 0.15) is 4.90 Å². The van der Waals surface area contributed by atoms with Crippen LogP contribution in [0.25, 0.3) is 0 Å². The van der Waals surface area contributed by atoms with Crippen molar-refractivity contribution in [3.05, 3.63) is 29.8 Å². The van der Waals surface area contributed by atoms with Crippen LogP contribution in [0.5, 0.6) is 0 Å². The van der Waals surface area contributed by atoms with Crippen molar-refractivity contribution in [1.82, 2.24) is 4.90 Å². The SMILES string of the molecule is COCCN(CCCN)C1=NS(=O)(=O)c2ccccc21. The first-order chi connectivity index (χ1) is 9.60. The molecule has 1 aliphatic rings. The van der Waals surface area contributed by atoms with Crippen LogP contribution in [0.1, 0.15) is 12.0 Å². The van der Waals surface area contributed by atoms with E-state index < -0.39 is 10.0 Å². The number of fused-ring (bicyclic) bond motifs is 1. The number of sulfonamides is 1. The van der Waals surface area contributed by atoms with Crippen molar-refractivity contribution in [3.8, 4) is 0 Å². The van der Waals surface area contributed by atoms with Crippen molar-refractivity contribution in [3.63, 3.8) is 0 Å². The lowest BCUT2D eigenvalue weighted by atomic mass is 10.2. The van der Waals surface area contributed by atoms with Gasteiger partial charge in [-0.25, -0.2) is 0 Å². The highest BCUT2D eigenvalue weighted by Crippen LogP contribution is 2.27. The predicted octanol–water partition coefficient (Wildman–Crippen LogP) is 0.433. The summed E-state index contributed by atoms with van der Waals surface area (Å²) in [7, 11) is -1.96. The van der Waals surface area contributed by atoms with Gasteiger partial charge in [-0.1, -0.05) is 12.1 Å². The number of nitrogens with zero attached hydrogens (tertiary/aromatic N) is 2. The quantitative estimate of drug-likeness (QED) is 0.823. The fourth-order valence-corrected chi connectivity index (χ4v) is 3.35. The van der Waals surface area contributed by atoms with Gasteiger partial charge in [0.2, 0.25) is 0 Å². The molecule has 0 atom stereocenters. The fraction of sp³-hybridized carbons (Fsp3) is 0.462. The second-order valence-corrected chi connectivity index (χ2v) is 6.08. The number of methoxy groups -OCH3 is 1. The van der Waals surface area contributed by atoms with Gasteiger partial charge in [0, 0.05) is 25.8 Å². The largest absolute Gasteiger partial charge is 0.383 e. The smallest absolute Gasteiger partial charge is 0.285 e. The lowest BCUT2D eigenvalue weighted by Gasteiger charge is -2.23. The summed E-state index contributed by atoms with van der Waals surface area (Å²) in [5.41, 5.74) is 6.19. The average molecular weight is 297 g/mol. The minimum absolute atomic E-state index is 0.269. The van der Waals surface area contributed by atoms with Crippen LogP contribution in [0.2, 0.25) is 0 Å². The van der Waals surface area contributed by atoms with E-state index in [4.69, 9.17) is 10.5 Å².